The van der Waals surface area contributed by atoms with Crippen LogP contribution in [0.15, 0.2) is 43.5 Å². The standard InChI is InChI=1S/C35H59N3O/c1-10-15-32(13-4)30(7)33-19-18-31(27-39)26-34(33)38(35(8,9)20-11-2)25-23-36(21-12-3)22-24-37-28(5)16-14-17-29(37)6/h11-12,18-19,26-30,32H,2-3,10,13-17,20-25H2,1,4-9H3. The highest BCUT2D eigenvalue weighted by Gasteiger charge is 2.31. The van der Waals surface area contributed by atoms with Gasteiger partial charge in [-0.2, -0.15) is 0 Å². The minimum Gasteiger partial charge on any atom is -0.365 e. The minimum absolute atomic E-state index is 0.125. The zero-order chi connectivity index (χ0) is 29.0. The predicted molar refractivity (Wildman–Crippen MR) is 171 cm³/mol. The second kappa shape index (κ2) is 16.4. The van der Waals surface area contributed by atoms with Gasteiger partial charge in [0.05, 0.1) is 0 Å². The van der Waals surface area contributed by atoms with E-state index in [1.54, 1.807) is 0 Å². The van der Waals surface area contributed by atoms with E-state index in [4.69, 9.17) is 0 Å². The van der Waals surface area contributed by atoms with Gasteiger partial charge in [-0.25, -0.2) is 0 Å². The maximum atomic E-state index is 11.9. The average Bonchev–Trinajstić information content (AvgIpc) is 2.90. The van der Waals surface area contributed by atoms with Crippen molar-refractivity contribution in [2.24, 2.45) is 5.92 Å². The highest BCUT2D eigenvalue weighted by Crippen LogP contribution is 2.39. The van der Waals surface area contributed by atoms with E-state index in [1.165, 1.54) is 49.8 Å². The van der Waals surface area contributed by atoms with Crippen molar-refractivity contribution in [2.45, 2.75) is 117 Å². The van der Waals surface area contributed by atoms with E-state index < -0.39 is 0 Å². The lowest BCUT2D eigenvalue weighted by Crippen LogP contribution is -2.50. The van der Waals surface area contributed by atoms with Gasteiger partial charge >= 0.3 is 0 Å². The molecule has 1 saturated heterocycles. The third kappa shape index (κ3) is 9.32. The number of hydrogen-bond donors (Lipinski definition) is 0. The number of anilines is 1. The highest BCUT2D eigenvalue weighted by atomic mass is 16.1. The van der Waals surface area contributed by atoms with Crippen molar-refractivity contribution in [3.63, 3.8) is 0 Å². The molecule has 0 N–H and O–H groups in total. The van der Waals surface area contributed by atoms with Crippen LogP contribution in [-0.2, 0) is 0 Å². The Balaban J connectivity index is 2.38. The minimum atomic E-state index is -0.125. The Morgan fingerprint density at radius 2 is 1.77 bits per heavy atom. The van der Waals surface area contributed by atoms with E-state index in [0.29, 0.717) is 23.9 Å². The van der Waals surface area contributed by atoms with Crippen LogP contribution in [0.25, 0.3) is 0 Å². The molecule has 220 valence electrons. The zero-order valence-corrected chi connectivity index (χ0v) is 26.4. The quantitative estimate of drug-likeness (QED) is 0.139. The van der Waals surface area contributed by atoms with Gasteiger partial charge in [0.2, 0.25) is 0 Å². The Kier molecular flexibility index (Phi) is 14.0. The van der Waals surface area contributed by atoms with Crippen molar-refractivity contribution in [2.75, 3.05) is 37.6 Å². The first-order valence-electron chi connectivity index (χ1n) is 15.7. The molecule has 1 fully saturated rings. The van der Waals surface area contributed by atoms with Crippen LogP contribution in [0.2, 0.25) is 0 Å². The van der Waals surface area contributed by atoms with Crippen LogP contribution in [-0.4, -0.2) is 66.4 Å². The largest absolute Gasteiger partial charge is 0.365 e. The molecule has 0 aromatic heterocycles. The summed E-state index contributed by atoms with van der Waals surface area (Å²) in [4.78, 5) is 19.7. The van der Waals surface area contributed by atoms with Crippen LogP contribution in [0, 0.1) is 5.92 Å². The molecule has 0 radical (unpaired) electrons. The van der Waals surface area contributed by atoms with Gasteiger partial charge in [-0.05, 0) is 70.4 Å². The summed E-state index contributed by atoms with van der Waals surface area (Å²) in [6.07, 6.45) is 13.5. The van der Waals surface area contributed by atoms with Crippen molar-refractivity contribution < 1.29 is 4.79 Å². The molecule has 2 rings (SSSR count). The third-order valence-electron chi connectivity index (χ3n) is 9.32. The maximum absolute atomic E-state index is 11.9. The smallest absolute Gasteiger partial charge is 0.150 e. The van der Waals surface area contributed by atoms with E-state index in [2.05, 4.69) is 88.5 Å². The van der Waals surface area contributed by atoms with Crippen LogP contribution < -0.4 is 4.90 Å². The average molecular weight is 538 g/mol. The third-order valence-corrected chi connectivity index (χ3v) is 9.32. The first kappa shape index (κ1) is 33.3. The molecule has 1 aliphatic heterocycles. The Morgan fingerprint density at radius 3 is 2.33 bits per heavy atom. The number of carbonyl (C=O) groups is 1. The molecule has 1 aromatic carbocycles. The fraction of sp³-hybridized carbons (Fsp3) is 0.686. The first-order chi connectivity index (χ1) is 18.6. The molecular weight excluding hydrogens is 478 g/mol. The Hall–Kier alpha value is -1.91. The molecule has 4 heteroatoms. The molecule has 0 spiro atoms. The van der Waals surface area contributed by atoms with Crippen molar-refractivity contribution in [1.29, 1.82) is 0 Å². The predicted octanol–water partition coefficient (Wildman–Crippen LogP) is 8.34. The summed E-state index contributed by atoms with van der Waals surface area (Å²) in [7, 11) is 0. The van der Waals surface area contributed by atoms with Gasteiger partial charge in [0, 0.05) is 61.6 Å². The molecule has 4 nitrogen and oxygen atoms in total. The normalized spacial score (nSPS) is 20.0. The summed E-state index contributed by atoms with van der Waals surface area (Å²) >= 11 is 0. The number of hydrogen-bond acceptors (Lipinski definition) is 4. The number of aldehydes is 1. The number of benzene rings is 1. The van der Waals surface area contributed by atoms with Gasteiger partial charge in [-0.15, -0.1) is 13.2 Å². The van der Waals surface area contributed by atoms with Crippen LogP contribution >= 0.6 is 0 Å². The van der Waals surface area contributed by atoms with Crippen LogP contribution in [0.5, 0.6) is 0 Å². The Morgan fingerprint density at radius 1 is 1.08 bits per heavy atom. The highest BCUT2D eigenvalue weighted by molar-refractivity contribution is 5.78. The van der Waals surface area contributed by atoms with Crippen LogP contribution in [0.4, 0.5) is 5.69 Å². The Labute approximate surface area is 241 Å². The fourth-order valence-electron chi connectivity index (χ4n) is 6.79. The van der Waals surface area contributed by atoms with Crippen LogP contribution in [0.1, 0.15) is 115 Å². The van der Waals surface area contributed by atoms with Crippen molar-refractivity contribution >= 4 is 12.0 Å². The summed E-state index contributed by atoms with van der Waals surface area (Å²) in [5.41, 5.74) is 3.20. The SMILES string of the molecule is C=CCN(CCN1C(C)CCCC1C)CCN(c1cc(C=O)ccc1C(C)C(CC)CCC)C(C)(C)CC=C. The lowest BCUT2D eigenvalue weighted by molar-refractivity contribution is 0.0897. The monoisotopic (exact) mass is 537 g/mol. The van der Waals surface area contributed by atoms with Gasteiger partial charge < -0.3 is 4.90 Å². The van der Waals surface area contributed by atoms with Gasteiger partial charge in [0.25, 0.3) is 0 Å². The zero-order valence-electron chi connectivity index (χ0n) is 26.4. The summed E-state index contributed by atoms with van der Waals surface area (Å²) < 4.78 is 0. The molecule has 1 aromatic rings. The molecule has 1 heterocycles. The second-order valence-corrected chi connectivity index (χ2v) is 12.6. The number of carbonyl (C=O) groups excluding carboxylic acids is 1. The lowest BCUT2D eigenvalue weighted by atomic mass is 9.81. The van der Waals surface area contributed by atoms with E-state index in [-0.39, 0.29) is 5.54 Å². The molecule has 39 heavy (non-hydrogen) atoms. The fourth-order valence-corrected chi connectivity index (χ4v) is 6.79. The van der Waals surface area contributed by atoms with E-state index in [9.17, 15) is 4.79 Å². The van der Waals surface area contributed by atoms with E-state index in [1.807, 2.05) is 18.2 Å². The Bertz CT molecular complexity index is 884. The van der Waals surface area contributed by atoms with Gasteiger partial charge in [0.15, 0.2) is 0 Å². The second-order valence-electron chi connectivity index (χ2n) is 12.6. The molecule has 0 bridgehead atoms. The summed E-state index contributed by atoms with van der Waals surface area (Å²) in [6, 6.07) is 7.68. The van der Waals surface area contributed by atoms with Crippen molar-refractivity contribution in [3.8, 4) is 0 Å². The topological polar surface area (TPSA) is 26.8 Å². The van der Waals surface area contributed by atoms with E-state index >= 15 is 0 Å². The molecule has 1 aliphatic rings. The molecule has 0 amide bonds. The number of likely N-dealkylation sites (tertiary alicyclic amines) is 1. The lowest BCUT2D eigenvalue weighted by Gasteiger charge is -2.44. The van der Waals surface area contributed by atoms with Crippen LogP contribution in [0.3, 0.4) is 0 Å². The summed E-state index contributed by atoms with van der Waals surface area (Å²) in [5, 5.41) is 0. The molecule has 0 saturated carbocycles. The van der Waals surface area contributed by atoms with Gasteiger partial charge in [0.1, 0.15) is 6.29 Å². The maximum Gasteiger partial charge on any atom is 0.150 e. The number of nitrogens with zero attached hydrogens (tertiary/aromatic N) is 3. The first-order valence-corrected chi connectivity index (χ1v) is 15.7. The summed E-state index contributed by atoms with van der Waals surface area (Å²) in [5.74, 6) is 1.06. The van der Waals surface area contributed by atoms with Crippen molar-refractivity contribution in [3.05, 3.63) is 54.6 Å². The molecule has 4 unspecified atom stereocenters. The summed E-state index contributed by atoms with van der Waals surface area (Å²) in [6.45, 7) is 29.4. The molecule has 4 atom stereocenters. The molecular formula is C35H59N3O. The number of piperidine rings is 1. The van der Waals surface area contributed by atoms with Gasteiger partial charge in [-0.3, -0.25) is 14.6 Å². The molecule has 0 aliphatic carbocycles. The number of rotatable bonds is 18. The van der Waals surface area contributed by atoms with Gasteiger partial charge in [-0.1, -0.05) is 70.7 Å². The van der Waals surface area contributed by atoms with E-state index in [0.717, 1.165) is 51.0 Å². The van der Waals surface area contributed by atoms with Crippen molar-refractivity contribution in [1.82, 2.24) is 9.80 Å².